The second-order valence-corrected chi connectivity index (χ2v) is 5.85. The van der Waals surface area contributed by atoms with Crippen molar-refractivity contribution in [1.82, 2.24) is 4.90 Å². The first kappa shape index (κ1) is 13.0. The van der Waals surface area contributed by atoms with Gasteiger partial charge in [0.1, 0.15) is 0 Å². The van der Waals surface area contributed by atoms with Gasteiger partial charge < -0.3 is 5.11 Å². The summed E-state index contributed by atoms with van der Waals surface area (Å²) >= 11 is 0. The molecule has 1 atom stereocenters. The van der Waals surface area contributed by atoms with Crippen LogP contribution in [-0.2, 0) is 0 Å². The van der Waals surface area contributed by atoms with Crippen LogP contribution in [-0.4, -0.2) is 34.7 Å². The first-order valence-electron chi connectivity index (χ1n) is 6.37. The summed E-state index contributed by atoms with van der Waals surface area (Å²) in [4.78, 5) is 2.46. The van der Waals surface area contributed by atoms with Crippen molar-refractivity contribution in [3.63, 3.8) is 0 Å². The third kappa shape index (κ3) is 3.46. The molecule has 1 aliphatic heterocycles. The molecule has 2 nitrogen and oxygen atoms in total. The van der Waals surface area contributed by atoms with Gasteiger partial charge in [0.15, 0.2) is 0 Å². The van der Waals surface area contributed by atoms with Crippen LogP contribution in [0.2, 0.25) is 0 Å². The summed E-state index contributed by atoms with van der Waals surface area (Å²) < 4.78 is 0. The molecule has 0 saturated carbocycles. The van der Waals surface area contributed by atoms with Crippen LogP contribution in [0.25, 0.3) is 0 Å². The Morgan fingerprint density at radius 1 is 1.13 bits per heavy atom. The summed E-state index contributed by atoms with van der Waals surface area (Å²) in [6, 6.07) is 0. The highest BCUT2D eigenvalue weighted by Crippen LogP contribution is 2.26. The summed E-state index contributed by atoms with van der Waals surface area (Å²) in [5.41, 5.74) is -0.0509. The van der Waals surface area contributed by atoms with Gasteiger partial charge in [0.25, 0.3) is 0 Å². The molecule has 0 bridgehead atoms. The summed E-state index contributed by atoms with van der Waals surface area (Å²) in [6.07, 6.45) is 4.64. The number of nitrogens with zero attached hydrogens (tertiary/aromatic N) is 1. The van der Waals surface area contributed by atoms with Crippen LogP contribution in [0.1, 0.15) is 53.4 Å². The van der Waals surface area contributed by atoms with Gasteiger partial charge in [-0.05, 0) is 52.1 Å². The van der Waals surface area contributed by atoms with Gasteiger partial charge in [-0.3, -0.25) is 4.90 Å². The van der Waals surface area contributed by atoms with E-state index >= 15 is 0 Å². The Morgan fingerprint density at radius 2 is 1.67 bits per heavy atom. The lowest BCUT2D eigenvalue weighted by Gasteiger charge is -2.44. The van der Waals surface area contributed by atoms with E-state index < -0.39 is 0 Å². The Hall–Kier alpha value is -0.0800. The number of aliphatic hydroxyl groups is 1. The predicted octanol–water partition coefficient (Wildman–Crippen LogP) is 2.66. The molecule has 1 heterocycles. The number of likely N-dealkylation sites (tertiary alicyclic amines) is 1. The van der Waals surface area contributed by atoms with Gasteiger partial charge in [-0.15, -0.1) is 0 Å². The zero-order valence-electron chi connectivity index (χ0n) is 10.8. The monoisotopic (exact) mass is 213 g/mol. The molecule has 1 rings (SSSR count). The highest BCUT2D eigenvalue weighted by molar-refractivity contribution is 4.90. The summed E-state index contributed by atoms with van der Waals surface area (Å²) in [7, 11) is 0. The summed E-state index contributed by atoms with van der Waals surface area (Å²) in [5.74, 6) is 0.573. The fourth-order valence-electron chi connectivity index (χ4n) is 2.42. The lowest BCUT2D eigenvalue weighted by Crippen LogP contribution is -2.54. The number of piperidine rings is 1. The molecule has 1 fully saturated rings. The van der Waals surface area contributed by atoms with Crippen LogP contribution in [0.15, 0.2) is 0 Å². The van der Waals surface area contributed by atoms with Crippen LogP contribution in [0.5, 0.6) is 0 Å². The Morgan fingerprint density at radius 3 is 2.13 bits per heavy atom. The summed E-state index contributed by atoms with van der Waals surface area (Å²) in [6.45, 7) is 11.0. The van der Waals surface area contributed by atoms with Crippen LogP contribution >= 0.6 is 0 Å². The Labute approximate surface area is 94.7 Å². The second kappa shape index (κ2) is 5.31. The van der Waals surface area contributed by atoms with Gasteiger partial charge in [0.05, 0.1) is 6.10 Å². The lowest BCUT2D eigenvalue weighted by molar-refractivity contribution is -0.0285. The van der Waals surface area contributed by atoms with Gasteiger partial charge in [0.2, 0.25) is 0 Å². The Bertz CT molecular complexity index is 183. The van der Waals surface area contributed by atoms with E-state index in [0.29, 0.717) is 5.92 Å². The molecule has 0 radical (unpaired) electrons. The molecule has 0 aromatic heterocycles. The van der Waals surface area contributed by atoms with Gasteiger partial charge in [0, 0.05) is 5.54 Å². The smallest absolute Gasteiger partial charge is 0.0720 e. The maximum atomic E-state index is 10.3. The predicted molar refractivity (Wildman–Crippen MR) is 65.0 cm³/mol. The van der Waals surface area contributed by atoms with E-state index in [9.17, 15) is 5.11 Å². The zero-order valence-corrected chi connectivity index (χ0v) is 10.8. The molecule has 1 aliphatic rings. The van der Waals surface area contributed by atoms with Gasteiger partial charge in [-0.2, -0.15) is 0 Å². The maximum Gasteiger partial charge on any atom is 0.0720 e. The number of hydrogen-bond acceptors (Lipinski definition) is 2. The van der Waals surface area contributed by atoms with Crippen molar-refractivity contribution in [2.75, 3.05) is 13.1 Å². The maximum absolute atomic E-state index is 10.3. The van der Waals surface area contributed by atoms with Crippen molar-refractivity contribution in [1.29, 1.82) is 0 Å². The Kier molecular flexibility index (Phi) is 4.60. The van der Waals surface area contributed by atoms with Crippen molar-refractivity contribution in [2.24, 2.45) is 5.92 Å². The first-order chi connectivity index (χ1) is 6.94. The summed E-state index contributed by atoms with van der Waals surface area (Å²) in [5, 5.41) is 10.3. The molecular formula is C13H27NO. The van der Waals surface area contributed by atoms with E-state index in [1.807, 2.05) is 0 Å². The molecule has 2 heteroatoms. The van der Waals surface area contributed by atoms with E-state index in [1.54, 1.807) is 0 Å². The molecule has 0 aliphatic carbocycles. The second-order valence-electron chi connectivity index (χ2n) is 5.85. The molecule has 15 heavy (non-hydrogen) atoms. The molecule has 1 unspecified atom stereocenters. The highest BCUT2D eigenvalue weighted by atomic mass is 16.3. The zero-order chi connectivity index (χ0) is 11.5. The van der Waals surface area contributed by atoms with Gasteiger partial charge in [-0.25, -0.2) is 0 Å². The van der Waals surface area contributed by atoms with Crippen LogP contribution in [0.4, 0.5) is 0 Å². The third-order valence-corrected chi connectivity index (χ3v) is 3.68. The largest absolute Gasteiger partial charge is 0.391 e. The first-order valence-corrected chi connectivity index (χ1v) is 6.37. The minimum atomic E-state index is -0.199. The average molecular weight is 213 g/mol. The van der Waals surface area contributed by atoms with Crippen LogP contribution in [0, 0.1) is 5.92 Å². The fourth-order valence-corrected chi connectivity index (χ4v) is 2.42. The Balaban J connectivity index is 2.54. The quantitative estimate of drug-likeness (QED) is 0.776. The standard InChI is InChI=1S/C13H27NO/c1-11(2)10-12(15)13(3,4)14-8-6-5-7-9-14/h11-12,15H,5-10H2,1-4H3. The van der Waals surface area contributed by atoms with E-state index in [4.69, 9.17) is 0 Å². The highest BCUT2D eigenvalue weighted by Gasteiger charge is 2.34. The molecular weight excluding hydrogens is 186 g/mol. The molecule has 0 amide bonds. The normalized spacial score (nSPS) is 22.0. The fraction of sp³-hybridized carbons (Fsp3) is 1.00. The minimum absolute atomic E-state index is 0.0509. The van der Waals surface area contributed by atoms with E-state index in [1.165, 1.54) is 19.3 Å². The molecule has 1 saturated heterocycles. The molecule has 0 spiro atoms. The molecule has 0 aromatic rings. The van der Waals surface area contributed by atoms with Gasteiger partial charge in [-0.1, -0.05) is 20.3 Å². The van der Waals surface area contributed by atoms with Crippen molar-refractivity contribution in [3.05, 3.63) is 0 Å². The number of aliphatic hydroxyl groups excluding tert-OH is 1. The topological polar surface area (TPSA) is 23.5 Å². The van der Waals surface area contributed by atoms with Crippen molar-refractivity contribution >= 4 is 0 Å². The van der Waals surface area contributed by atoms with Crippen molar-refractivity contribution in [2.45, 2.75) is 65.0 Å². The van der Waals surface area contributed by atoms with Crippen molar-refractivity contribution < 1.29 is 5.11 Å². The van der Waals surface area contributed by atoms with Gasteiger partial charge >= 0.3 is 0 Å². The number of rotatable bonds is 4. The lowest BCUT2D eigenvalue weighted by atomic mass is 9.87. The van der Waals surface area contributed by atoms with E-state index in [2.05, 4.69) is 32.6 Å². The minimum Gasteiger partial charge on any atom is -0.391 e. The van der Waals surface area contributed by atoms with Crippen LogP contribution in [0.3, 0.4) is 0 Å². The van der Waals surface area contributed by atoms with Crippen molar-refractivity contribution in [3.8, 4) is 0 Å². The number of hydrogen-bond donors (Lipinski definition) is 1. The molecule has 0 aromatic carbocycles. The average Bonchev–Trinajstić information content (AvgIpc) is 2.18. The van der Waals surface area contributed by atoms with Crippen LogP contribution < -0.4 is 0 Å². The SMILES string of the molecule is CC(C)CC(O)C(C)(C)N1CCCCC1. The molecule has 90 valence electrons. The third-order valence-electron chi connectivity index (χ3n) is 3.68. The molecule has 1 N–H and O–H groups in total. The van der Waals surface area contributed by atoms with E-state index in [-0.39, 0.29) is 11.6 Å². The van der Waals surface area contributed by atoms with E-state index in [0.717, 1.165) is 19.5 Å².